The van der Waals surface area contributed by atoms with Crippen molar-refractivity contribution in [3.05, 3.63) is 83.4 Å². The number of urea groups is 1. The van der Waals surface area contributed by atoms with Gasteiger partial charge < -0.3 is 26.6 Å². The summed E-state index contributed by atoms with van der Waals surface area (Å²) in [6.45, 7) is 3.14. The third-order valence-electron chi connectivity index (χ3n) is 7.41. The van der Waals surface area contributed by atoms with Gasteiger partial charge in [-0.05, 0) is 68.8 Å². The highest BCUT2D eigenvalue weighted by molar-refractivity contribution is 6.06. The molecule has 0 bridgehead atoms. The number of fused-ring (bicyclic) bond motifs is 2. The number of ketones is 1. The molecule has 0 saturated heterocycles. The van der Waals surface area contributed by atoms with Crippen LogP contribution in [-0.4, -0.2) is 39.4 Å². The number of halogens is 1. The summed E-state index contributed by atoms with van der Waals surface area (Å²) in [6.07, 6.45) is 1.45. The molecule has 0 aliphatic carbocycles. The van der Waals surface area contributed by atoms with Crippen LogP contribution in [0.2, 0.25) is 0 Å². The van der Waals surface area contributed by atoms with E-state index in [9.17, 15) is 23.9 Å². The minimum atomic E-state index is -1.62. The van der Waals surface area contributed by atoms with Crippen LogP contribution in [0.1, 0.15) is 48.3 Å². The average Bonchev–Trinajstić information content (AvgIpc) is 3.29. The highest BCUT2D eigenvalue weighted by Gasteiger charge is 2.45. The van der Waals surface area contributed by atoms with Gasteiger partial charge in [-0.15, -0.1) is 0 Å². The SMILES string of the molecule is C[C@](O)(CCC(=O)c1cc(NC(N)=O)c2ncccc2c1)c1cc2c(c(-c3ccc(F)cc3)n1)OC[C@]2(C)C(N)=O. The average molecular weight is 558 g/mol. The maximum atomic E-state index is 13.6. The summed E-state index contributed by atoms with van der Waals surface area (Å²) >= 11 is 0. The van der Waals surface area contributed by atoms with E-state index in [2.05, 4.69) is 15.3 Å². The number of Topliss-reactive ketones (excluding diaryl/α,β-unsaturated/α-hetero) is 1. The third kappa shape index (κ3) is 5.19. The number of aliphatic hydroxyl groups is 1. The van der Waals surface area contributed by atoms with E-state index in [0.717, 1.165) is 0 Å². The van der Waals surface area contributed by atoms with E-state index in [4.69, 9.17) is 16.2 Å². The van der Waals surface area contributed by atoms with E-state index in [0.29, 0.717) is 44.7 Å². The molecule has 3 amide bonds. The number of carbonyl (C=O) groups is 3. The van der Waals surface area contributed by atoms with E-state index in [-0.39, 0.29) is 30.9 Å². The lowest BCUT2D eigenvalue weighted by molar-refractivity contribution is -0.123. The molecule has 1 aliphatic rings. The second-order valence-corrected chi connectivity index (χ2v) is 10.5. The van der Waals surface area contributed by atoms with E-state index in [1.165, 1.54) is 37.3 Å². The number of benzene rings is 2. The molecule has 4 aromatic rings. The normalized spacial score (nSPS) is 17.4. The van der Waals surface area contributed by atoms with Gasteiger partial charge in [0, 0.05) is 34.7 Å². The monoisotopic (exact) mass is 557 g/mol. The molecule has 3 heterocycles. The highest BCUT2D eigenvalue weighted by atomic mass is 19.1. The van der Waals surface area contributed by atoms with Gasteiger partial charge in [-0.2, -0.15) is 0 Å². The van der Waals surface area contributed by atoms with Gasteiger partial charge in [-0.1, -0.05) is 6.07 Å². The first-order chi connectivity index (χ1) is 19.4. The first-order valence-corrected chi connectivity index (χ1v) is 12.8. The van der Waals surface area contributed by atoms with Crippen LogP contribution in [0.15, 0.2) is 60.8 Å². The number of hydrogen-bond acceptors (Lipinski definition) is 7. The second kappa shape index (κ2) is 10.3. The molecule has 5 rings (SSSR count). The van der Waals surface area contributed by atoms with Crippen molar-refractivity contribution in [3.63, 3.8) is 0 Å². The molecule has 2 aromatic heterocycles. The number of aromatic nitrogens is 2. The number of hydrogen-bond donors (Lipinski definition) is 4. The number of amides is 3. The molecule has 11 heteroatoms. The van der Waals surface area contributed by atoms with Gasteiger partial charge in [0.1, 0.15) is 34.9 Å². The predicted octanol–water partition coefficient (Wildman–Crippen LogP) is 3.93. The summed E-state index contributed by atoms with van der Waals surface area (Å²) in [7, 11) is 0. The Morgan fingerprint density at radius 1 is 1.15 bits per heavy atom. The van der Waals surface area contributed by atoms with Gasteiger partial charge >= 0.3 is 6.03 Å². The number of ether oxygens (including phenoxy) is 1. The Bertz CT molecular complexity index is 1710. The molecule has 0 radical (unpaired) electrons. The van der Waals surface area contributed by atoms with Crippen molar-refractivity contribution in [2.75, 3.05) is 11.9 Å². The molecule has 2 aromatic carbocycles. The van der Waals surface area contributed by atoms with Crippen LogP contribution < -0.4 is 21.5 Å². The summed E-state index contributed by atoms with van der Waals surface area (Å²) in [5.74, 6) is -1.02. The Labute approximate surface area is 234 Å². The van der Waals surface area contributed by atoms with Crippen LogP contribution in [0.4, 0.5) is 14.9 Å². The smallest absolute Gasteiger partial charge is 0.316 e. The molecule has 10 nitrogen and oxygen atoms in total. The first kappa shape index (κ1) is 27.7. The molecule has 0 saturated carbocycles. The lowest BCUT2D eigenvalue weighted by Gasteiger charge is -2.26. The quantitative estimate of drug-likeness (QED) is 0.238. The predicted molar refractivity (Wildman–Crippen MR) is 150 cm³/mol. The lowest BCUT2D eigenvalue weighted by Crippen LogP contribution is -2.40. The number of anilines is 1. The Morgan fingerprint density at radius 2 is 1.88 bits per heavy atom. The second-order valence-electron chi connectivity index (χ2n) is 10.5. The van der Waals surface area contributed by atoms with Crippen molar-refractivity contribution in [3.8, 4) is 17.0 Å². The molecule has 41 heavy (non-hydrogen) atoms. The number of primary amides is 2. The lowest BCUT2D eigenvalue weighted by atomic mass is 9.81. The van der Waals surface area contributed by atoms with E-state index >= 15 is 0 Å². The molecular formula is C30H28FN5O5. The van der Waals surface area contributed by atoms with Crippen molar-refractivity contribution >= 4 is 34.3 Å². The Morgan fingerprint density at radius 3 is 2.56 bits per heavy atom. The van der Waals surface area contributed by atoms with Gasteiger partial charge in [0.25, 0.3) is 0 Å². The number of carbonyl (C=O) groups excluding carboxylic acids is 3. The highest BCUT2D eigenvalue weighted by Crippen LogP contribution is 2.46. The molecular weight excluding hydrogens is 529 g/mol. The number of nitrogens with two attached hydrogens (primary N) is 2. The van der Waals surface area contributed by atoms with Crippen LogP contribution in [0.5, 0.6) is 5.75 Å². The Balaban J connectivity index is 1.49. The Kier molecular flexibility index (Phi) is 6.92. The van der Waals surface area contributed by atoms with Crippen molar-refractivity contribution in [2.45, 2.75) is 37.7 Å². The zero-order valence-corrected chi connectivity index (χ0v) is 22.4. The summed E-state index contributed by atoms with van der Waals surface area (Å²) < 4.78 is 19.5. The molecule has 0 fully saturated rings. The molecule has 2 atom stereocenters. The maximum Gasteiger partial charge on any atom is 0.316 e. The topological polar surface area (TPSA) is 171 Å². The summed E-state index contributed by atoms with van der Waals surface area (Å²) in [4.78, 5) is 46.1. The Hall–Kier alpha value is -4.90. The number of pyridine rings is 2. The molecule has 1 aliphatic heterocycles. The zero-order chi connectivity index (χ0) is 29.5. The number of nitrogens with zero attached hydrogens (tertiary/aromatic N) is 2. The maximum absolute atomic E-state index is 13.6. The van der Waals surface area contributed by atoms with Crippen LogP contribution in [0.3, 0.4) is 0 Å². The van der Waals surface area contributed by atoms with Gasteiger partial charge in [-0.25, -0.2) is 14.2 Å². The van der Waals surface area contributed by atoms with E-state index in [1.807, 2.05) is 0 Å². The first-order valence-electron chi connectivity index (χ1n) is 12.8. The van der Waals surface area contributed by atoms with Gasteiger partial charge in [-0.3, -0.25) is 14.6 Å². The minimum absolute atomic E-state index is 0.0177. The van der Waals surface area contributed by atoms with E-state index < -0.39 is 28.8 Å². The van der Waals surface area contributed by atoms with Crippen LogP contribution in [-0.2, 0) is 15.8 Å². The zero-order valence-electron chi connectivity index (χ0n) is 22.4. The molecule has 6 N–H and O–H groups in total. The fourth-order valence-electron chi connectivity index (χ4n) is 4.88. The molecule has 0 spiro atoms. The van der Waals surface area contributed by atoms with Crippen molar-refractivity contribution in [2.24, 2.45) is 11.5 Å². The summed E-state index contributed by atoms with van der Waals surface area (Å²) in [5.41, 5.74) is 10.8. The van der Waals surface area contributed by atoms with Crippen LogP contribution in [0.25, 0.3) is 22.2 Å². The van der Waals surface area contributed by atoms with Crippen LogP contribution in [0, 0.1) is 5.82 Å². The van der Waals surface area contributed by atoms with Gasteiger partial charge in [0.15, 0.2) is 5.78 Å². The number of rotatable bonds is 8. The van der Waals surface area contributed by atoms with Gasteiger partial charge in [0.2, 0.25) is 5.91 Å². The fraction of sp³-hybridized carbons (Fsp3) is 0.233. The number of nitrogens with one attached hydrogen (secondary N) is 1. The summed E-state index contributed by atoms with van der Waals surface area (Å²) in [6, 6.07) is 13.0. The van der Waals surface area contributed by atoms with Crippen LogP contribution >= 0.6 is 0 Å². The minimum Gasteiger partial charge on any atom is -0.489 e. The van der Waals surface area contributed by atoms with Gasteiger partial charge in [0.05, 0.1) is 16.9 Å². The van der Waals surface area contributed by atoms with Crippen molar-refractivity contribution in [1.29, 1.82) is 0 Å². The molecule has 0 unspecified atom stereocenters. The molecule has 210 valence electrons. The van der Waals surface area contributed by atoms with Crippen molar-refractivity contribution in [1.82, 2.24) is 9.97 Å². The largest absolute Gasteiger partial charge is 0.489 e. The van der Waals surface area contributed by atoms with E-state index in [1.54, 1.807) is 37.4 Å². The summed E-state index contributed by atoms with van der Waals surface area (Å²) in [5, 5.41) is 14.7. The van der Waals surface area contributed by atoms with Crippen molar-refractivity contribution < 1.29 is 28.6 Å². The third-order valence-corrected chi connectivity index (χ3v) is 7.41. The fourth-order valence-corrected chi connectivity index (χ4v) is 4.88. The standard InChI is InChI=1S/C30H28FN5O5/c1-29(27(32)38)15-41-26-20(29)14-23(36-25(26)16-5-7-19(31)8-6-16)30(2,40)10-9-22(37)18-12-17-4-3-11-34-24(17)21(13-18)35-28(33)39/h3-8,11-14,40H,9-10,15H2,1-2H3,(H2,32,38)(H3,33,35,39)/t29-,30-/m0/s1.